The highest BCUT2D eigenvalue weighted by Crippen LogP contribution is 2.46. The lowest BCUT2D eigenvalue weighted by molar-refractivity contribution is -0.117. The molecule has 3 aliphatic rings. The van der Waals surface area contributed by atoms with Gasteiger partial charge in [0.1, 0.15) is 12.4 Å². The van der Waals surface area contributed by atoms with Crippen LogP contribution in [0.1, 0.15) is 80.3 Å². The number of halogens is 1. The summed E-state index contributed by atoms with van der Waals surface area (Å²) in [6.45, 7) is 4.81. The standard InChI is InChI=1S/C32H43ClN2O6S/c1-21-6-5-14-32(38,20-36)28-12-9-25(28)18-35-15-4-3-7-23-16-27(33)11-8-26(23)19-41-30-13-10-24(17-29(30)35)31(37)34-42(39,40)22(21)2/h8,10-11,13,16-17,21-22,25,28,36,38H,3-7,9,12,14-15,18-20H2,1-2H3,(H,34,37)/t21-,22+,25-,28+,32-/m0/s1. The highest BCUT2D eigenvalue weighted by Gasteiger charge is 2.46. The SMILES string of the molecule is C[C@@H]1[C@@H](C)CCC[C@](O)(CO)[C@@H]2CC[C@H]2CN2CCCCc3cc(Cl)ccc3COc3ccc(cc32)C(=O)NS1(=O)=O. The average molecular weight is 619 g/mol. The highest BCUT2D eigenvalue weighted by molar-refractivity contribution is 7.90. The van der Waals surface area contributed by atoms with Crippen molar-refractivity contribution in [3.8, 4) is 5.75 Å². The molecule has 2 bridgehead atoms. The van der Waals surface area contributed by atoms with Crippen LogP contribution in [0.4, 0.5) is 5.69 Å². The number of ether oxygens (including phenoxy) is 1. The van der Waals surface area contributed by atoms with Gasteiger partial charge in [-0.05, 0) is 111 Å². The third-order valence-corrected chi connectivity index (χ3v) is 12.0. The number of benzene rings is 2. The molecule has 42 heavy (non-hydrogen) atoms. The van der Waals surface area contributed by atoms with Crippen molar-refractivity contribution >= 4 is 33.2 Å². The minimum Gasteiger partial charge on any atom is -0.487 e. The molecule has 1 saturated carbocycles. The number of amides is 1. The van der Waals surface area contributed by atoms with Crippen LogP contribution in [-0.4, -0.2) is 55.1 Å². The van der Waals surface area contributed by atoms with E-state index in [1.807, 2.05) is 25.1 Å². The lowest BCUT2D eigenvalue weighted by atomic mass is 9.63. The van der Waals surface area contributed by atoms with Gasteiger partial charge < -0.3 is 19.8 Å². The molecule has 1 aliphatic carbocycles. The number of anilines is 1. The second kappa shape index (κ2) is 12.7. The molecule has 0 aromatic heterocycles. The van der Waals surface area contributed by atoms with Gasteiger partial charge in [-0.15, -0.1) is 0 Å². The summed E-state index contributed by atoms with van der Waals surface area (Å²) in [7, 11) is -3.95. The molecule has 2 aromatic carbocycles. The molecular weight excluding hydrogens is 576 g/mol. The van der Waals surface area contributed by atoms with Gasteiger partial charge in [-0.25, -0.2) is 13.1 Å². The summed E-state index contributed by atoms with van der Waals surface area (Å²) in [6.07, 6.45) is 6.00. The first-order valence-electron chi connectivity index (χ1n) is 15.2. The molecule has 3 N–H and O–H groups in total. The number of rotatable bonds is 1. The Morgan fingerprint density at radius 1 is 1.07 bits per heavy atom. The first-order chi connectivity index (χ1) is 20.0. The Morgan fingerprint density at radius 2 is 1.88 bits per heavy atom. The summed E-state index contributed by atoms with van der Waals surface area (Å²) in [6, 6.07) is 10.9. The van der Waals surface area contributed by atoms with E-state index in [-0.39, 0.29) is 29.9 Å². The molecule has 1 amide bonds. The normalized spacial score (nSPS) is 30.4. The minimum atomic E-state index is -3.95. The van der Waals surface area contributed by atoms with E-state index in [1.165, 1.54) is 0 Å². The lowest BCUT2D eigenvalue weighted by Gasteiger charge is -2.48. The summed E-state index contributed by atoms with van der Waals surface area (Å²) in [4.78, 5) is 15.5. The van der Waals surface area contributed by atoms with Crippen LogP contribution in [-0.2, 0) is 23.1 Å². The number of nitrogens with one attached hydrogen (secondary N) is 1. The van der Waals surface area contributed by atoms with Gasteiger partial charge in [0, 0.05) is 23.7 Å². The molecule has 0 spiro atoms. The Hall–Kier alpha value is -2.33. The van der Waals surface area contributed by atoms with Gasteiger partial charge in [0.25, 0.3) is 5.91 Å². The molecule has 1 fully saturated rings. The Kier molecular flexibility index (Phi) is 9.42. The fourth-order valence-electron chi connectivity index (χ4n) is 6.79. The molecule has 0 radical (unpaired) electrons. The maximum atomic E-state index is 13.3. The maximum Gasteiger partial charge on any atom is 0.264 e. The summed E-state index contributed by atoms with van der Waals surface area (Å²) in [5, 5.41) is 21.8. The molecule has 2 aliphatic heterocycles. The van der Waals surface area contributed by atoms with E-state index in [1.54, 1.807) is 25.1 Å². The van der Waals surface area contributed by atoms with Gasteiger partial charge in [0.2, 0.25) is 10.0 Å². The predicted molar refractivity (Wildman–Crippen MR) is 164 cm³/mol. The number of aliphatic hydroxyl groups excluding tert-OH is 1. The van der Waals surface area contributed by atoms with Crippen LogP contribution in [0.25, 0.3) is 0 Å². The molecule has 0 unspecified atom stereocenters. The number of hydrogen-bond donors (Lipinski definition) is 3. The summed E-state index contributed by atoms with van der Waals surface area (Å²) >= 11 is 6.30. The number of aryl methyl sites for hydroxylation is 1. The van der Waals surface area contributed by atoms with Crippen LogP contribution >= 0.6 is 11.6 Å². The maximum absolute atomic E-state index is 13.3. The smallest absolute Gasteiger partial charge is 0.264 e. The Morgan fingerprint density at radius 3 is 2.62 bits per heavy atom. The van der Waals surface area contributed by atoms with Gasteiger partial charge >= 0.3 is 0 Å². The van der Waals surface area contributed by atoms with Crippen LogP contribution in [0.15, 0.2) is 36.4 Å². The fourth-order valence-corrected chi connectivity index (χ4v) is 8.30. The summed E-state index contributed by atoms with van der Waals surface area (Å²) < 4.78 is 35.1. The van der Waals surface area contributed by atoms with Gasteiger partial charge in [-0.3, -0.25) is 4.79 Å². The van der Waals surface area contributed by atoms with Crippen LogP contribution in [0.5, 0.6) is 5.75 Å². The second-order valence-electron chi connectivity index (χ2n) is 12.5. The van der Waals surface area contributed by atoms with Crippen molar-refractivity contribution in [3.63, 3.8) is 0 Å². The van der Waals surface area contributed by atoms with Gasteiger partial charge in [0.15, 0.2) is 0 Å². The number of aliphatic hydroxyl groups is 2. The second-order valence-corrected chi connectivity index (χ2v) is 15.0. The molecular formula is C32H43ClN2O6S. The van der Waals surface area contributed by atoms with Crippen molar-refractivity contribution in [2.24, 2.45) is 17.8 Å². The van der Waals surface area contributed by atoms with E-state index in [4.69, 9.17) is 16.3 Å². The molecule has 2 aromatic rings. The third kappa shape index (κ3) is 6.59. The van der Waals surface area contributed by atoms with Crippen molar-refractivity contribution in [2.45, 2.75) is 82.7 Å². The van der Waals surface area contributed by atoms with Crippen LogP contribution in [0.3, 0.4) is 0 Å². The predicted octanol–water partition coefficient (Wildman–Crippen LogP) is 5.08. The molecule has 230 valence electrons. The number of carbonyl (C=O) groups excluding carboxylic acids is 1. The zero-order valence-electron chi connectivity index (χ0n) is 24.5. The van der Waals surface area contributed by atoms with Gasteiger partial charge in [-0.2, -0.15) is 0 Å². The van der Waals surface area contributed by atoms with E-state index < -0.39 is 26.8 Å². The van der Waals surface area contributed by atoms with Crippen molar-refractivity contribution in [1.82, 2.24) is 4.72 Å². The molecule has 5 rings (SSSR count). The van der Waals surface area contributed by atoms with Crippen LogP contribution in [0.2, 0.25) is 5.02 Å². The number of hydrogen-bond acceptors (Lipinski definition) is 7. The summed E-state index contributed by atoms with van der Waals surface area (Å²) in [5.41, 5.74) is 1.96. The van der Waals surface area contributed by atoms with E-state index in [2.05, 4.69) is 9.62 Å². The molecule has 5 atom stereocenters. The van der Waals surface area contributed by atoms with Gasteiger partial charge in [0.05, 0.1) is 23.1 Å². The number of carbonyl (C=O) groups is 1. The molecule has 2 heterocycles. The van der Waals surface area contributed by atoms with Crippen LogP contribution < -0.4 is 14.4 Å². The minimum absolute atomic E-state index is 0.0627. The van der Waals surface area contributed by atoms with E-state index in [9.17, 15) is 23.4 Å². The zero-order chi connectivity index (χ0) is 30.1. The average Bonchev–Trinajstić information content (AvgIpc) is 2.97. The number of fused-ring (bicyclic) bond motifs is 3. The number of sulfonamides is 1. The summed E-state index contributed by atoms with van der Waals surface area (Å²) in [5.74, 6) is -0.189. The largest absolute Gasteiger partial charge is 0.487 e. The molecule has 0 saturated heterocycles. The monoisotopic (exact) mass is 618 g/mol. The van der Waals surface area contributed by atoms with Crippen molar-refractivity contribution in [1.29, 1.82) is 0 Å². The Bertz CT molecular complexity index is 1400. The Balaban J connectivity index is 1.55. The third-order valence-electron chi connectivity index (χ3n) is 9.87. The van der Waals surface area contributed by atoms with Crippen molar-refractivity contribution in [2.75, 3.05) is 24.6 Å². The van der Waals surface area contributed by atoms with E-state index >= 15 is 0 Å². The van der Waals surface area contributed by atoms with E-state index in [0.29, 0.717) is 49.7 Å². The van der Waals surface area contributed by atoms with E-state index in [0.717, 1.165) is 48.9 Å². The van der Waals surface area contributed by atoms with Crippen LogP contribution in [0, 0.1) is 17.8 Å². The molecule has 8 nitrogen and oxygen atoms in total. The lowest BCUT2D eigenvalue weighted by Crippen LogP contribution is -2.53. The molecule has 10 heteroatoms. The van der Waals surface area contributed by atoms with Gasteiger partial charge in [-0.1, -0.05) is 31.0 Å². The fraction of sp³-hybridized carbons (Fsp3) is 0.594. The first-order valence-corrected chi connectivity index (χ1v) is 17.1. The highest BCUT2D eigenvalue weighted by atomic mass is 35.5. The number of nitrogens with zero attached hydrogens (tertiary/aromatic N) is 1. The topological polar surface area (TPSA) is 116 Å². The first kappa shape index (κ1) is 31.1. The van der Waals surface area contributed by atoms with Crippen molar-refractivity contribution in [3.05, 3.63) is 58.1 Å². The Labute approximate surface area is 254 Å². The zero-order valence-corrected chi connectivity index (χ0v) is 26.1. The van der Waals surface area contributed by atoms with Crippen molar-refractivity contribution < 1.29 is 28.2 Å². The quantitative estimate of drug-likeness (QED) is 0.408.